The van der Waals surface area contributed by atoms with Gasteiger partial charge >= 0.3 is 0 Å². The predicted molar refractivity (Wildman–Crippen MR) is 64.5 cm³/mol. The molecule has 1 aromatic rings. The Kier molecular flexibility index (Phi) is 2.49. The van der Waals surface area contributed by atoms with Crippen LogP contribution in [0.2, 0.25) is 0 Å². The number of fused-ring (bicyclic) bond motifs is 1. The topological polar surface area (TPSA) is 35.2 Å². The molecule has 0 atom stereocenters. The lowest BCUT2D eigenvalue weighted by atomic mass is 9.79. The van der Waals surface area contributed by atoms with Gasteiger partial charge < -0.3 is 10.5 Å². The summed E-state index contributed by atoms with van der Waals surface area (Å²) in [6, 6.07) is 6.97. The van der Waals surface area contributed by atoms with Crippen LogP contribution in [0.3, 0.4) is 0 Å². The molecule has 0 aromatic heterocycles. The summed E-state index contributed by atoms with van der Waals surface area (Å²) in [5.74, 6) is 0. The van der Waals surface area contributed by atoms with Gasteiger partial charge in [0.2, 0.25) is 0 Å². The van der Waals surface area contributed by atoms with Gasteiger partial charge in [-0.1, -0.05) is 18.2 Å². The first-order valence-electron chi connectivity index (χ1n) is 6.20. The summed E-state index contributed by atoms with van der Waals surface area (Å²) in [5, 5.41) is 0. The number of rotatable bonds is 3. The molecule has 2 aliphatic rings. The number of nitrogens with two attached hydrogens (primary N) is 1. The van der Waals surface area contributed by atoms with E-state index in [0.29, 0.717) is 0 Å². The Balaban J connectivity index is 1.80. The molecule has 0 radical (unpaired) electrons. The fourth-order valence-electron chi connectivity index (χ4n) is 2.85. The molecule has 1 aliphatic heterocycles. The van der Waals surface area contributed by atoms with Crippen molar-refractivity contribution in [1.29, 1.82) is 0 Å². The zero-order valence-corrected chi connectivity index (χ0v) is 9.67. The Morgan fingerprint density at radius 1 is 1.19 bits per heavy atom. The van der Waals surface area contributed by atoms with Crippen molar-refractivity contribution < 1.29 is 4.74 Å². The monoisotopic (exact) mass is 217 g/mol. The van der Waals surface area contributed by atoms with Crippen molar-refractivity contribution in [2.24, 2.45) is 11.1 Å². The van der Waals surface area contributed by atoms with Gasteiger partial charge in [-0.05, 0) is 42.4 Å². The number of hydrogen-bond donors (Lipinski definition) is 1. The maximum absolute atomic E-state index is 5.85. The van der Waals surface area contributed by atoms with E-state index < -0.39 is 0 Å². The van der Waals surface area contributed by atoms with Gasteiger partial charge in [0.25, 0.3) is 0 Å². The summed E-state index contributed by atoms with van der Waals surface area (Å²) in [6.07, 6.45) is 4.93. The molecule has 0 spiro atoms. The van der Waals surface area contributed by atoms with E-state index in [1.165, 1.54) is 24.8 Å². The van der Waals surface area contributed by atoms with Crippen LogP contribution < -0.4 is 5.73 Å². The smallest absolute Gasteiger partial charge is 0.0560 e. The van der Waals surface area contributed by atoms with Gasteiger partial charge in [-0.15, -0.1) is 0 Å². The Bertz CT molecular complexity index is 390. The largest absolute Gasteiger partial charge is 0.380 e. The van der Waals surface area contributed by atoms with E-state index in [1.54, 1.807) is 11.1 Å². The van der Waals surface area contributed by atoms with Crippen LogP contribution in [0.1, 0.15) is 23.1 Å². The summed E-state index contributed by atoms with van der Waals surface area (Å²) in [5.41, 5.74) is 10.6. The SMILES string of the molecule is NCC1(Cc2ccc3c(c2)CCC3)COC1. The molecule has 16 heavy (non-hydrogen) atoms. The molecule has 2 nitrogen and oxygen atoms in total. The van der Waals surface area contributed by atoms with E-state index in [2.05, 4.69) is 18.2 Å². The molecule has 2 heteroatoms. The highest BCUT2D eigenvalue weighted by molar-refractivity contribution is 5.35. The summed E-state index contributed by atoms with van der Waals surface area (Å²) in [6.45, 7) is 2.41. The minimum atomic E-state index is 0.229. The molecular weight excluding hydrogens is 198 g/mol. The highest BCUT2D eigenvalue weighted by Crippen LogP contribution is 2.32. The molecule has 1 heterocycles. The number of aryl methyl sites for hydroxylation is 2. The lowest BCUT2D eigenvalue weighted by Crippen LogP contribution is -2.49. The average Bonchev–Trinajstić information content (AvgIpc) is 2.70. The first-order chi connectivity index (χ1) is 7.81. The van der Waals surface area contributed by atoms with Gasteiger partial charge in [-0.25, -0.2) is 0 Å². The normalized spacial score (nSPS) is 21.6. The second kappa shape index (κ2) is 3.86. The third kappa shape index (κ3) is 1.66. The molecule has 0 unspecified atom stereocenters. The van der Waals surface area contributed by atoms with Crippen LogP contribution in [0.25, 0.3) is 0 Å². The fourth-order valence-corrected chi connectivity index (χ4v) is 2.85. The quantitative estimate of drug-likeness (QED) is 0.836. The predicted octanol–water partition coefficient (Wildman–Crippen LogP) is 1.69. The maximum Gasteiger partial charge on any atom is 0.0560 e. The van der Waals surface area contributed by atoms with Gasteiger partial charge in [-0.3, -0.25) is 0 Å². The van der Waals surface area contributed by atoms with Gasteiger partial charge in [0.05, 0.1) is 13.2 Å². The first kappa shape index (κ1) is 10.3. The molecule has 1 fully saturated rings. The molecule has 3 rings (SSSR count). The van der Waals surface area contributed by atoms with Gasteiger partial charge in [0.1, 0.15) is 0 Å². The van der Waals surface area contributed by atoms with Crippen molar-refractivity contribution in [2.45, 2.75) is 25.7 Å². The third-order valence-corrected chi connectivity index (χ3v) is 3.99. The highest BCUT2D eigenvalue weighted by atomic mass is 16.5. The third-order valence-electron chi connectivity index (χ3n) is 3.99. The Hall–Kier alpha value is -0.860. The Labute approximate surface area is 96.8 Å². The Morgan fingerprint density at radius 2 is 2.00 bits per heavy atom. The second-order valence-electron chi connectivity index (χ2n) is 5.33. The van der Waals surface area contributed by atoms with E-state index in [4.69, 9.17) is 10.5 Å². The molecular formula is C14H19NO. The minimum Gasteiger partial charge on any atom is -0.380 e. The zero-order chi connectivity index (χ0) is 11.0. The molecule has 86 valence electrons. The summed E-state index contributed by atoms with van der Waals surface area (Å²) in [7, 11) is 0. The van der Waals surface area contributed by atoms with Crippen LogP contribution in [0.4, 0.5) is 0 Å². The van der Waals surface area contributed by atoms with Crippen molar-refractivity contribution in [3.05, 3.63) is 34.9 Å². The summed E-state index contributed by atoms with van der Waals surface area (Å²) >= 11 is 0. The standard InChI is InChI=1S/C14H19NO/c15-8-14(9-16-10-14)7-11-4-5-12-2-1-3-13(12)6-11/h4-6H,1-3,7-10,15H2. The average molecular weight is 217 g/mol. The van der Waals surface area contributed by atoms with Crippen molar-refractivity contribution in [2.75, 3.05) is 19.8 Å². The minimum absolute atomic E-state index is 0.229. The van der Waals surface area contributed by atoms with Crippen LogP contribution in [0.15, 0.2) is 18.2 Å². The van der Waals surface area contributed by atoms with Crippen molar-refractivity contribution in [1.82, 2.24) is 0 Å². The van der Waals surface area contributed by atoms with E-state index in [-0.39, 0.29) is 5.41 Å². The number of hydrogen-bond acceptors (Lipinski definition) is 2. The van der Waals surface area contributed by atoms with Crippen molar-refractivity contribution in [3.63, 3.8) is 0 Å². The number of ether oxygens (including phenoxy) is 1. The molecule has 1 saturated heterocycles. The van der Waals surface area contributed by atoms with Crippen LogP contribution in [0, 0.1) is 5.41 Å². The number of benzene rings is 1. The Morgan fingerprint density at radius 3 is 2.69 bits per heavy atom. The molecule has 1 aliphatic carbocycles. The van der Waals surface area contributed by atoms with E-state index in [9.17, 15) is 0 Å². The van der Waals surface area contributed by atoms with Crippen LogP contribution >= 0.6 is 0 Å². The van der Waals surface area contributed by atoms with Gasteiger partial charge in [0.15, 0.2) is 0 Å². The lowest BCUT2D eigenvalue weighted by molar-refractivity contribution is -0.106. The lowest BCUT2D eigenvalue weighted by Gasteiger charge is -2.40. The van der Waals surface area contributed by atoms with Crippen LogP contribution in [-0.4, -0.2) is 19.8 Å². The molecule has 2 N–H and O–H groups in total. The van der Waals surface area contributed by atoms with Crippen LogP contribution in [0.5, 0.6) is 0 Å². The molecule has 0 amide bonds. The van der Waals surface area contributed by atoms with Crippen LogP contribution in [-0.2, 0) is 24.0 Å². The van der Waals surface area contributed by atoms with E-state index in [1.807, 2.05) is 0 Å². The van der Waals surface area contributed by atoms with Gasteiger partial charge in [-0.2, -0.15) is 0 Å². The fraction of sp³-hybridized carbons (Fsp3) is 0.571. The molecule has 0 saturated carbocycles. The van der Waals surface area contributed by atoms with Crippen molar-refractivity contribution >= 4 is 0 Å². The molecule has 1 aromatic carbocycles. The maximum atomic E-state index is 5.85. The second-order valence-corrected chi connectivity index (χ2v) is 5.33. The zero-order valence-electron chi connectivity index (χ0n) is 9.67. The summed E-state index contributed by atoms with van der Waals surface area (Å²) < 4.78 is 5.31. The van der Waals surface area contributed by atoms with E-state index >= 15 is 0 Å². The summed E-state index contributed by atoms with van der Waals surface area (Å²) in [4.78, 5) is 0. The van der Waals surface area contributed by atoms with E-state index in [0.717, 1.165) is 26.2 Å². The van der Waals surface area contributed by atoms with Crippen molar-refractivity contribution in [3.8, 4) is 0 Å². The highest BCUT2D eigenvalue weighted by Gasteiger charge is 2.37. The van der Waals surface area contributed by atoms with Gasteiger partial charge in [0, 0.05) is 12.0 Å². The first-order valence-corrected chi connectivity index (χ1v) is 6.20. The molecule has 0 bridgehead atoms.